The van der Waals surface area contributed by atoms with Crippen LogP contribution >= 0.6 is 11.6 Å². The molecule has 1 aromatic heterocycles. The Balaban J connectivity index is 2.07. The number of benzene rings is 2. The van der Waals surface area contributed by atoms with E-state index in [0.29, 0.717) is 11.6 Å². The predicted octanol–water partition coefficient (Wildman–Crippen LogP) is 4.43. The molecule has 2 N–H and O–H groups in total. The van der Waals surface area contributed by atoms with Gasteiger partial charge in [0.2, 0.25) is 0 Å². The molecule has 126 valence electrons. The van der Waals surface area contributed by atoms with E-state index >= 15 is 0 Å². The van der Waals surface area contributed by atoms with Crippen molar-refractivity contribution >= 4 is 22.5 Å². The monoisotopic (exact) mass is 342 g/mol. The van der Waals surface area contributed by atoms with Gasteiger partial charge in [0.15, 0.2) is 0 Å². The summed E-state index contributed by atoms with van der Waals surface area (Å²) >= 11 is 6.21. The molecule has 0 aliphatic carbocycles. The van der Waals surface area contributed by atoms with E-state index in [1.807, 2.05) is 18.2 Å². The number of ether oxygens (including phenoxy) is 1. The summed E-state index contributed by atoms with van der Waals surface area (Å²) in [4.78, 5) is 0. The molecule has 4 heteroatoms. The average Bonchev–Trinajstić information content (AvgIpc) is 2.84. The van der Waals surface area contributed by atoms with Crippen molar-refractivity contribution in [3.63, 3.8) is 0 Å². The van der Waals surface area contributed by atoms with Crippen LogP contribution in [0.3, 0.4) is 0 Å². The van der Waals surface area contributed by atoms with Crippen molar-refractivity contribution in [2.45, 2.75) is 19.3 Å². The van der Waals surface area contributed by atoms with Gasteiger partial charge in [-0.25, -0.2) is 0 Å². The topological polar surface area (TPSA) is 40.2 Å². The van der Waals surface area contributed by atoms with Crippen molar-refractivity contribution < 1.29 is 4.74 Å². The van der Waals surface area contributed by atoms with Crippen LogP contribution in [0.5, 0.6) is 5.75 Å². The molecule has 0 saturated carbocycles. The lowest BCUT2D eigenvalue weighted by molar-refractivity contribution is 0.405. The van der Waals surface area contributed by atoms with E-state index < -0.39 is 0 Å². The molecule has 3 aromatic rings. The van der Waals surface area contributed by atoms with Gasteiger partial charge in [-0.2, -0.15) is 0 Å². The zero-order valence-corrected chi connectivity index (χ0v) is 15.1. The average molecular weight is 343 g/mol. The first-order valence-corrected chi connectivity index (χ1v) is 8.51. The first-order valence-electron chi connectivity index (χ1n) is 8.13. The van der Waals surface area contributed by atoms with E-state index in [4.69, 9.17) is 22.1 Å². The highest BCUT2D eigenvalue weighted by Crippen LogP contribution is 2.34. The van der Waals surface area contributed by atoms with Crippen molar-refractivity contribution in [2.24, 2.45) is 12.8 Å². The second kappa shape index (κ2) is 6.88. The molecular weight excluding hydrogens is 320 g/mol. The molecule has 0 aliphatic rings. The SMILES string of the molecule is COc1ccc(Cl)cc1C(CN)Cc1c(C)n(C)c2ccccc12. The third kappa shape index (κ3) is 2.90. The Hall–Kier alpha value is -1.97. The molecule has 2 aromatic carbocycles. The molecule has 0 amide bonds. The van der Waals surface area contributed by atoms with Crippen molar-refractivity contribution in [1.29, 1.82) is 0 Å². The van der Waals surface area contributed by atoms with Crippen molar-refractivity contribution in [1.82, 2.24) is 4.57 Å². The van der Waals surface area contributed by atoms with Gasteiger partial charge in [-0.15, -0.1) is 0 Å². The normalized spacial score (nSPS) is 12.5. The van der Waals surface area contributed by atoms with Gasteiger partial charge < -0.3 is 15.0 Å². The van der Waals surface area contributed by atoms with Gasteiger partial charge in [0.25, 0.3) is 0 Å². The Morgan fingerprint density at radius 1 is 1.21 bits per heavy atom. The predicted molar refractivity (Wildman–Crippen MR) is 101 cm³/mol. The molecule has 24 heavy (non-hydrogen) atoms. The largest absolute Gasteiger partial charge is 0.496 e. The molecule has 0 fully saturated rings. The third-order valence-corrected chi connectivity index (χ3v) is 5.13. The number of nitrogens with two attached hydrogens (primary N) is 1. The van der Waals surface area contributed by atoms with Crippen LogP contribution in [-0.2, 0) is 13.5 Å². The van der Waals surface area contributed by atoms with E-state index in [0.717, 1.165) is 17.7 Å². The molecule has 0 spiro atoms. The Morgan fingerprint density at radius 3 is 2.67 bits per heavy atom. The van der Waals surface area contributed by atoms with Crippen molar-refractivity contribution in [3.05, 3.63) is 64.3 Å². The number of aryl methyl sites for hydroxylation is 1. The highest BCUT2D eigenvalue weighted by molar-refractivity contribution is 6.30. The van der Waals surface area contributed by atoms with Gasteiger partial charge in [0, 0.05) is 40.1 Å². The van der Waals surface area contributed by atoms with Gasteiger partial charge in [-0.1, -0.05) is 29.8 Å². The Kier molecular flexibility index (Phi) is 4.83. The number of nitrogens with zero attached hydrogens (tertiary/aromatic N) is 1. The quantitative estimate of drug-likeness (QED) is 0.745. The van der Waals surface area contributed by atoms with Crippen LogP contribution in [0, 0.1) is 6.92 Å². The number of rotatable bonds is 5. The minimum Gasteiger partial charge on any atom is -0.496 e. The molecule has 1 atom stereocenters. The van der Waals surface area contributed by atoms with Crippen LogP contribution in [0.15, 0.2) is 42.5 Å². The number of halogens is 1. The fraction of sp³-hybridized carbons (Fsp3) is 0.300. The maximum Gasteiger partial charge on any atom is 0.122 e. The number of hydrogen-bond acceptors (Lipinski definition) is 2. The number of fused-ring (bicyclic) bond motifs is 1. The molecule has 3 nitrogen and oxygen atoms in total. The second-order valence-electron chi connectivity index (χ2n) is 6.16. The Morgan fingerprint density at radius 2 is 1.96 bits per heavy atom. The Labute approximate surface area is 148 Å². The van der Waals surface area contributed by atoms with Gasteiger partial charge in [0.05, 0.1) is 7.11 Å². The van der Waals surface area contributed by atoms with E-state index in [-0.39, 0.29) is 5.92 Å². The molecule has 3 rings (SSSR count). The van der Waals surface area contributed by atoms with Gasteiger partial charge in [0.1, 0.15) is 5.75 Å². The fourth-order valence-corrected chi connectivity index (χ4v) is 3.63. The number of methoxy groups -OCH3 is 1. The maximum absolute atomic E-state index is 6.21. The lowest BCUT2D eigenvalue weighted by Gasteiger charge is -2.19. The highest BCUT2D eigenvalue weighted by atomic mass is 35.5. The summed E-state index contributed by atoms with van der Waals surface area (Å²) in [5, 5.41) is 2.00. The summed E-state index contributed by atoms with van der Waals surface area (Å²) in [6, 6.07) is 14.2. The zero-order chi connectivity index (χ0) is 17.3. The summed E-state index contributed by atoms with van der Waals surface area (Å²) in [7, 11) is 3.79. The number of aromatic nitrogens is 1. The van der Waals surface area contributed by atoms with Crippen LogP contribution in [0.2, 0.25) is 5.02 Å². The smallest absolute Gasteiger partial charge is 0.122 e. The van der Waals surface area contributed by atoms with E-state index in [9.17, 15) is 0 Å². The summed E-state index contributed by atoms with van der Waals surface area (Å²) in [5.74, 6) is 0.996. The fourth-order valence-electron chi connectivity index (χ4n) is 3.45. The molecule has 0 saturated heterocycles. The standard InChI is InChI=1S/C20H23ClN2O/c1-13-17(16-6-4-5-7-19(16)23(13)2)10-14(12-22)18-11-15(21)8-9-20(18)24-3/h4-9,11,14H,10,12,22H2,1-3H3. The van der Waals surface area contributed by atoms with E-state index in [1.165, 1.54) is 22.2 Å². The molecule has 1 unspecified atom stereocenters. The maximum atomic E-state index is 6.21. The first-order chi connectivity index (χ1) is 11.6. The van der Waals surface area contributed by atoms with Crippen LogP contribution in [0.25, 0.3) is 10.9 Å². The van der Waals surface area contributed by atoms with Crippen LogP contribution in [-0.4, -0.2) is 18.2 Å². The summed E-state index contributed by atoms with van der Waals surface area (Å²) in [6.07, 6.45) is 0.861. The molecule has 0 bridgehead atoms. The van der Waals surface area contributed by atoms with Crippen LogP contribution in [0.4, 0.5) is 0 Å². The summed E-state index contributed by atoms with van der Waals surface area (Å²) < 4.78 is 7.77. The number of hydrogen-bond donors (Lipinski definition) is 1. The van der Waals surface area contributed by atoms with Crippen LogP contribution in [0.1, 0.15) is 22.7 Å². The third-order valence-electron chi connectivity index (χ3n) is 4.90. The minimum atomic E-state index is 0.156. The van der Waals surface area contributed by atoms with Gasteiger partial charge in [-0.3, -0.25) is 0 Å². The van der Waals surface area contributed by atoms with Crippen molar-refractivity contribution in [2.75, 3.05) is 13.7 Å². The molecule has 0 aliphatic heterocycles. The molecule has 0 radical (unpaired) electrons. The van der Waals surface area contributed by atoms with Gasteiger partial charge in [-0.05, 0) is 49.7 Å². The van der Waals surface area contributed by atoms with E-state index in [2.05, 4.69) is 42.8 Å². The van der Waals surface area contributed by atoms with Gasteiger partial charge >= 0.3 is 0 Å². The van der Waals surface area contributed by atoms with E-state index in [1.54, 1.807) is 7.11 Å². The highest BCUT2D eigenvalue weighted by Gasteiger charge is 2.20. The Bertz CT molecular complexity index is 869. The lowest BCUT2D eigenvalue weighted by Crippen LogP contribution is -2.16. The molecular formula is C20H23ClN2O. The minimum absolute atomic E-state index is 0.156. The van der Waals surface area contributed by atoms with Crippen molar-refractivity contribution in [3.8, 4) is 5.75 Å². The lowest BCUT2D eigenvalue weighted by atomic mass is 9.90. The van der Waals surface area contributed by atoms with Crippen LogP contribution < -0.4 is 10.5 Å². The summed E-state index contributed by atoms with van der Waals surface area (Å²) in [5.41, 5.74) is 11.1. The number of para-hydroxylation sites is 1. The zero-order valence-electron chi connectivity index (χ0n) is 14.3. The molecule has 1 heterocycles. The summed E-state index contributed by atoms with van der Waals surface area (Å²) in [6.45, 7) is 2.71. The first kappa shape index (κ1) is 16.9. The second-order valence-corrected chi connectivity index (χ2v) is 6.60.